The average Bonchev–Trinajstić information content (AvgIpc) is 2.65. The van der Waals surface area contributed by atoms with Crippen molar-refractivity contribution in [1.29, 1.82) is 0 Å². The van der Waals surface area contributed by atoms with Crippen LogP contribution in [0.3, 0.4) is 0 Å². The van der Waals surface area contributed by atoms with Gasteiger partial charge in [-0.2, -0.15) is 8.78 Å². The molecule has 2 rings (SSSR count). The Hall–Kier alpha value is -2.83. The van der Waals surface area contributed by atoms with Gasteiger partial charge in [-0.15, -0.1) is 0 Å². The standard InChI is InChI=1S/C20H23F2NO4/c1-4-13(2)15-7-5-6-8-16(15)26-12-19(24)23-14-9-10-17(25-3)18(11-14)27-20(21)22/h5-11,13,20H,4,12H2,1-3H3,(H,23,24). The highest BCUT2D eigenvalue weighted by Gasteiger charge is 2.14. The number of nitrogens with one attached hydrogen (secondary N) is 1. The van der Waals surface area contributed by atoms with Crippen molar-refractivity contribution in [3.63, 3.8) is 0 Å². The van der Waals surface area contributed by atoms with E-state index < -0.39 is 12.5 Å². The molecule has 146 valence electrons. The number of alkyl halides is 2. The summed E-state index contributed by atoms with van der Waals surface area (Å²) in [5.41, 5.74) is 1.33. The Kier molecular flexibility index (Phi) is 7.40. The van der Waals surface area contributed by atoms with Crippen LogP contribution in [0.15, 0.2) is 42.5 Å². The van der Waals surface area contributed by atoms with Gasteiger partial charge in [-0.3, -0.25) is 4.79 Å². The Morgan fingerprint density at radius 3 is 2.52 bits per heavy atom. The van der Waals surface area contributed by atoms with Gasteiger partial charge in [-0.25, -0.2) is 0 Å². The minimum absolute atomic E-state index is 0.145. The normalized spacial score (nSPS) is 11.8. The minimum atomic E-state index is -3.00. The third kappa shape index (κ3) is 5.84. The average molecular weight is 379 g/mol. The van der Waals surface area contributed by atoms with Crippen molar-refractivity contribution in [2.75, 3.05) is 19.0 Å². The number of hydrogen-bond donors (Lipinski definition) is 1. The molecule has 0 aliphatic rings. The fourth-order valence-corrected chi connectivity index (χ4v) is 2.52. The van der Waals surface area contributed by atoms with Gasteiger partial charge in [-0.05, 0) is 36.1 Å². The lowest BCUT2D eigenvalue weighted by Gasteiger charge is -2.16. The molecule has 0 bridgehead atoms. The summed E-state index contributed by atoms with van der Waals surface area (Å²) in [5, 5.41) is 2.60. The maximum absolute atomic E-state index is 12.5. The van der Waals surface area contributed by atoms with Crippen molar-refractivity contribution < 1.29 is 27.8 Å². The van der Waals surface area contributed by atoms with E-state index in [4.69, 9.17) is 9.47 Å². The van der Waals surface area contributed by atoms with Gasteiger partial charge in [0.15, 0.2) is 18.1 Å². The summed E-state index contributed by atoms with van der Waals surface area (Å²) in [6, 6.07) is 11.8. The highest BCUT2D eigenvalue weighted by atomic mass is 19.3. The Morgan fingerprint density at radius 1 is 1.11 bits per heavy atom. The third-order valence-electron chi connectivity index (χ3n) is 4.08. The molecule has 27 heavy (non-hydrogen) atoms. The summed E-state index contributed by atoms with van der Waals surface area (Å²) in [7, 11) is 1.34. The molecular weight excluding hydrogens is 356 g/mol. The summed E-state index contributed by atoms with van der Waals surface area (Å²) in [5.74, 6) is 0.529. The van der Waals surface area contributed by atoms with Crippen LogP contribution in [-0.4, -0.2) is 26.2 Å². The van der Waals surface area contributed by atoms with E-state index in [-0.39, 0.29) is 18.1 Å². The number of hydrogen-bond acceptors (Lipinski definition) is 4. The number of carbonyl (C=O) groups is 1. The minimum Gasteiger partial charge on any atom is -0.493 e. The molecule has 0 fully saturated rings. The predicted octanol–water partition coefficient (Wildman–Crippen LogP) is 4.83. The second-order valence-corrected chi connectivity index (χ2v) is 5.93. The molecule has 0 aliphatic carbocycles. The van der Waals surface area contributed by atoms with Crippen molar-refractivity contribution in [3.8, 4) is 17.2 Å². The summed E-state index contributed by atoms with van der Waals surface area (Å²) in [6.45, 7) is 0.969. The van der Waals surface area contributed by atoms with Crippen molar-refractivity contribution in [2.45, 2.75) is 32.8 Å². The maximum Gasteiger partial charge on any atom is 0.387 e. The van der Waals surface area contributed by atoms with Gasteiger partial charge >= 0.3 is 6.61 Å². The van der Waals surface area contributed by atoms with Crippen LogP contribution in [0.25, 0.3) is 0 Å². The number of amides is 1. The van der Waals surface area contributed by atoms with Gasteiger partial charge in [-0.1, -0.05) is 32.0 Å². The van der Waals surface area contributed by atoms with Crippen LogP contribution in [0.2, 0.25) is 0 Å². The van der Waals surface area contributed by atoms with Crippen LogP contribution in [0.1, 0.15) is 31.7 Å². The summed E-state index contributed by atoms with van der Waals surface area (Å²) in [6.07, 6.45) is 0.950. The SMILES string of the molecule is CCC(C)c1ccccc1OCC(=O)Nc1ccc(OC)c(OC(F)F)c1. The smallest absolute Gasteiger partial charge is 0.387 e. The van der Waals surface area contributed by atoms with Crippen molar-refractivity contribution in [3.05, 3.63) is 48.0 Å². The molecule has 0 heterocycles. The lowest BCUT2D eigenvalue weighted by molar-refractivity contribution is -0.118. The van der Waals surface area contributed by atoms with Crippen molar-refractivity contribution >= 4 is 11.6 Å². The highest BCUT2D eigenvalue weighted by Crippen LogP contribution is 2.32. The molecule has 0 aliphatic heterocycles. The van der Waals surface area contributed by atoms with E-state index >= 15 is 0 Å². The fourth-order valence-electron chi connectivity index (χ4n) is 2.52. The van der Waals surface area contributed by atoms with E-state index in [1.165, 1.54) is 25.3 Å². The molecule has 1 amide bonds. The summed E-state index contributed by atoms with van der Waals surface area (Å²) >= 11 is 0. The molecule has 7 heteroatoms. The number of halogens is 2. The number of anilines is 1. The van der Waals surface area contributed by atoms with Crippen LogP contribution in [0, 0.1) is 0 Å². The molecule has 1 unspecified atom stereocenters. The molecule has 0 spiro atoms. The van der Waals surface area contributed by atoms with E-state index in [2.05, 4.69) is 23.9 Å². The first-order chi connectivity index (χ1) is 12.9. The number of methoxy groups -OCH3 is 1. The molecule has 0 radical (unpaired) electrons. The van der Waals surface area contributed by atoms with E-state index in [1.54, 1.807) is 0 Å². The topological polar surface area (TPSA) is 56.8 Å². The second-order valence-electron chi connectivity index (χ2n) is 5.93. The number of carbonyl (C=O) groups excluding carboxylic acids is 1. The number of ether oxygens (including phenoxy) is 3. The molecule has 1 N–H and O–H groups in total. The molecule has 0 saturated heterocycles. The molecule has 2 aromatic rings. The molecule has 5 nitrogen and oxygen atoms in total. The highest BCUT2D eigenvalue weighted by molar-refractivity contribution is 5.92. The van der Waals surface area contributed by atoms with Crippen molar-refractivity contribution in [2.24, 2.45) is 0 Å². The van der Waals surface area contributed by atoms with Gasteiger partial charge < -0.3 is 19.5 Å². The molecule has 2 aromatic carbocycles. The second kappa shape index (κ2) is 9.75. The first-order valence-electron chi connectivity index (χ1n) is 8.59. The zero-order valence-electron chi connectivity index (χ0n) is 15.5. The van der Waals surface area contributed by atoms with E-state index in [0.29, 0.717) is 17.4 Å². The maximum atomic E-state index is 12.5. The number of benzene rings is 2. The van der Waals surface area contributed by atoms with Gasteiger partial charge in [0.2, 0.25) is 0 Å². The predicted molar refractivity (Wildman–Crippen MR) is 98.9 cm³/mol. The number of rotatable bonds is 9. The quantitative estimate of drug-likeness (QED) is 0.678. The molecular formula is C20H23F2NO4. The number of para-hydroxylation sites is 1. The van der Waals surface area contributed by atoms with E-state index in [0.717, 1.165) is 12.0 Å². The lowest BCUT2D eigenvalue weighted by Crippen LogP contribution is -2.20. The van der Waals surface area contributed by atoms with Gasteiger partial charge in [0.05, 0.1) is 7.11 Å². The van der Waals surface area contributed by atoms with Gasteiger partial charge in [0, 0.05) is 11.8 Å². The fraction of sp³-hybridized carbons (Fsp3) is 0.350. The van der Waals surface area contributed by atoms with Crippen LogP contribution >= 0.6 is 0 Å². The molecule has 0 saturated carbocycles. The van der Waals surface area contributed by atoms with E-state index in [1.807, 2.05) is 24.3 Å². The summed E-state index contributed by atoms with van der Waals surface area (Å²) < 4.78 is 40.0. The van der Waals surface area contributed by atoms with Crippen molar-refractivity contribution in [1.82, 2.24) is 0 Å². The van der Waals surface area contributed by atoms with E-state index in [9.17, 15) is 13.6 Å². The van der Waals surface area contributed by atoms with Crippen LogP contribution in [0.4, 0.5) is 14.5 Å². The van der Waals surface area contributed by atoms with Crippen LogP contribution in [-0.2, 0) is 4.79 Å². The Morgan fingerprint density at radius 2 is 1.85 bits per heavy atom. The van der Waals surface area contributed by atoms with Crippen LogP contribution < -0.4 is 19.5 Å². The zero-order valence-corrected chi connectivity index (χ0v) is 15.5. The molecule has 1 atom stereocenters. The zero-order chi connectivity index (χ0) is 19.8. The monoisotopic (exact) mass is 379 g/mol. The third-order valence-corrected chi connectivity index (χ3v) is 4.08. The van der Waals surface area contributed by atoms with Gasteiger partial charge in [0.25, 0.3) is 5.91 Å². The Bertz CT molecular complexity index is 767. The first-order valence-corrected chi connectivity index (χ1v) is 8.59. The van der Waals surface area contributed by atoms with Crippen LogP contribution in [0.5, 0.6) is 17.2 Å². The molecule has 0 aromatic heterocycles. The summed E-state index contributed by atoms with van der Waals surface area (Å²) in [4.78, 5) is 12.2. The lowest BCUT2D eigenvalue weighted by atomic mass is 9.98. The van der Waals surface area contributed by atoms with Gasteiger partial charge in [0.1, 0.15) is 5.75 Å². The largest absolute Gasteiger partial charge is 0.493 e. The first kappa shape index (κ1) is 20.5. The Balaban J connectivity index is 2.02. The Labute approximate surface area is 157 Å².